The molecule has 0 unspecified atom stereocenters. The van der Waals surface area contributed by atoms with Crippen LogP contribution in [-0.2, 0) is 4.74 Å². The van der Waals surface area contributed by atoms with Gasteiger partial charge in [-0.15, -0.1) is 0 Å². The van der Waals surface area contributed by atoms with Gasteiger partial charge in [0, 0.05) is 0 Å². The summed E-state index contributed by atoms with van der Waals surface area (Å²) in [4.78, 5) is 0. The van der Waals surface area contributed by atoms with Crippen LogP contribution in [0.25, 0.3) is 0 Å². The molecular formula is C5H6F6N2O2. The van der Waals surface area contributed by atoms with Crippen LogP contribution in [-0.4, -0.2) is 36.1 Å². The predicted molar refractivity (Wildman–Crippen MR) is 35.3 cm³/mol. The van der Waals surface area contributed by atoms with Gasteiger partial charge in [0.25, 0.3) is 0 Å². The molecule has 15 heavy (non-hydrogen) atoms. The summed E-state index contributed by atoms with van der Waals surface area (Å²) in [5.74, 6) is -0.895. The van der Waals surface area contributed by atoms with E-state index in [9.17, 15) is 26.3 Å². The molecule has 0 aromatic heterocycles. The molecule has 10 heteroatoms. The predicted octanol–water partition coefficient (Wildman–Crippen LogP) is 1.24. The summed E-state index contributed by atoms with van der Waals surface area (Å²) in [6.45, 7) is -1.28. The summed E-state index contributed by atoms with van der Waals surface area (Å²) >= 11 is 0. The van der Waals surface area contributed by atoms with E-state index >= 15 is 0 Å². The van der Waals surface area contributed by atoms with Crippen LogP contribution in [0.4, 0.5) is 26.3 Å². The number of oxime groups is 1. The SMILES string of the molecule is NC(COC(C(F)(F)F)C(F)(F)F)=NO. The van der Waals surface area contributed by atoms with E-state index in [0.29, 0.717) is 0 Å². The van der Waals surface area contributed by atoms with Gasteiger partial charge in [-0.2, -0.15) is 26.3 Å². The minimum atomic E-state index is -5.60. The highest BCUT2D eigenvalue weighted by atomic mass is 19.4. The maximum Gasteiger partial charge on any atom is 0.423 e. The maximum absolute atomic E-state index is 11.8. The largest absolute Gasteiger partial charge is 0.423 e. The highest BCUT2D eigenvalue weighted by Crippen LogP contribution is 2.35. The molecule has 90 valence electrons. The Morgan fingerprint density at radius 1 is 1.20 bits per heavy atom. The van der Waals surface area contributed by atoms with Crippen LogP contribution in [0, 0.1) is 0 Å². The monoisotopic (exact) mass is 240 g/mol. The van der Waals surface area contributed by atoms with E-state index in [2.05, 4.69) is 15.6 Å². The number of nitrogens with zero attached hydrogens (tertiary/aromatic N) is 1. The lowest BCUT2D eigenvalue weighted by atomic mass is 10.3. The standard InChI is InChI=1S/C5H6F6N2O2/c6-4(7,8)3(5(9,10)11)15-1-2(12)13-14/h3,14H,1H2,(H2,12,13). The minimum Gasteiger partial charge on any atom is -0.409 e. The van der Waals surface area contributed by atoms with Crippen molar-refractivity contribution in [1.29, 1.82) is 0 Å². The number of rotatable bonds is 3. The first-order valence-electron chi connectivity index (χ1n) is 3.30. The molecule has 0 spiro atoms. The lowest BCUT2D eigenvalue weighted by Gasteiger charge is -2.22. The quantitative estimate of drug-likeness (QED) is 0.256. The Morgan fingerprint density at radius 3 is 1.87 bits per heavy atom. The Labute approximate surface area is 79.3 Å². The number of amidine groups is 1. The van der Waals surface area contributed by atoms with Gasteiger partial charge in [0.15, 0.2) is 5.84 Å². The van der Waals surface area contributed by atoms with Crippen LogP contribution in [0.15, 0.2) is 5.16 Å². The van der Waals surface area contributed by atoms with Crippen molar-refractivity contribution < 1.29 is 36.3 Å². The summed E-state index contributed by atoms with van der Waals surface area (Å²) in [6, 6.07) is 0. The van der Waals surface area contributed by atoms with E-state index in [4.69, 9.17) is 5.21 Å². The maximum atomic E-state index is 11.8. The fourth-order valence-corrected chi connectivity index (χ4v) is 0.572. The molecule has 0 rings (SSSR count). The summed E-state index contributed by atoms with van der Waals surface area (Å²) in [5.41, 5.74) is 4.65. The molecule has 0 radical (unpaired) electrons. The van der Waals surface area contributed by atoms with Crippen LogP contribution in [0.1, 0.15) is 0 Å². The Kier molecular flexibility index (Phi) is 4.19. The van der Waals surface area contributed by atoms with Gasteiger partial charge in [-0.25, -0.2) is 0 Å². The van der Waals surface area contributed by atoms with Crippen molar-refractivity contribution in [3.8, 4) is 0 Å². The average Bonchev–Trinajstić information content (AvgIpc) is 1.99. The van der Waals surface area contributed by atoms with Crippen LogP contribution >= 0.6 is 0 Å². The molecule has 0 aromatic rings. The summed E-state index contributed by atoms with van der Waals surface area (Å²) in [5, 5.41) is 10.0. The molecule has 0 atom stereocenters. The van der Waals surface area contributed by atoms with Gasteiger partial charge >= 0.3 is 12.4 Å². The van der Waals surface area contributed by atoms with Crippen molar-refractivity contribution in [3.63, 3.8) is 0 Å². The molecule has 3 N–H and O–H groups in total. The van der Waals surface area contributed by atoms with Gasteiger partial charge in [0.1, 0.15) is 6.61 Å². The van der Waals surface area contributed by atoms with Crippen LogP contribution in [0.5, 0.6) is 0 Å². The van der Waals surface area contributed by atoms with E-state index in [1.807, 2.05) is 0 Å². The topological polar surface area (TPSA) is 67.8 Å². The van der Waals surface area contributed by atoms with Crippen molar-refractivity contribution in [3.05, 3.63) is 0 Å². The fourth-order valence-electron chi connectivity index (χ4n) is 0.572. The highest BCUT2D eigenvalue weighted by molar-refractivity contribution is 5.80. The van der Waals surface area contributed by atoms with Crippen molar-refractivity contribution in [2.75, 3.05) is 6.61 Å². The van der Waals surface area contributed by atoms with E-state index < -0.39 is 30.9 Å². The number of alkyl halides is 6. The van der Waals surface area contributed by atoms with Gasteiger partial charge < -0.3 is 15.7 Å². The first-order valence-corrected chi connectivity index (χ1v) is 3.30. The third-order valence-corrected chi connectivity index (χ3v) is 1.12. The van der Waals surface area contributed by atoms with Crippen LogP contribution in [0.3, 0.4) is 0 Å². The molecule has 0 aliphatic carbocycles. The summed E-state index contributed by atoms with van der Waals surface area (Å²) in [7, 11) is 0. The van der Waals surface area contributed by atoms with Crippen molar-refractivity contribution in [2.45, 2.75) is 18.5 Å². The van der Waals surface area contributed by atoms with E-state index in [0.717, 1.165) is 0 Å². The van der Waals surface area contributed by atoms with Crippen molar-refractivity contribution >= 4 is 5.84 Å². The first-order chi connectivity index (χ1) is 6.59. The molecule has 4 nitrogen and oxygen atoms in total. The lowest BCUT2D eigenvalue weighted by molar-refractivity contribution is -0.318. The number of hydrogen-bond acceptors (Lipinski definition) is 3. The molecule has 0 saturated carbocycles. The van der Waals surface area contributed by atoms with Crippen molar-refractivity contribution in [1.82, 2.24) is 0 Å². The number of halogens is 6. The van der Waals surface area contributed by atoms with Gasteiger partial charge in [-0.3, -0.25) is 0 Å². The van der Waals surface area contributed by atoms with E-state index in [1.165, 1.54) is 0 Å². The zero-order valence-corrected chi connectivity index (χ0v) is 6.93. The third kappa shape index (κ3) is 4.72. The number of ether oxygens (including phenoxy) is 1. The average molecular weight is 240 g/mol. The molecule has 0 aliphatic heterocycles. The van der Waals surface area contributed by atoms with Crippen LogP contribution < -0.4 is 5.73 Å². The molecule has 0 aliphatic rings. The van der Waals surface area contributed by atoms with Crippen LogP contribution in [0.2, 0.25) is 0 Å². The molecular weight excluding hydrogens is 234 g/mol. The summed E-state index contributed by atoms with van der Waals surface area (Å²) < 4.78 is 74.2. The number of nitrogens with two attached hydrogens (primary N) is 1. The zero-order valence-electron chi connectivity index (χ0n) is 6.93. The second-order valence-corrected chi connectivity index (χ2v) is 2.37. The second kappa shape index (κ2) is 4.55. The second-order valence-electron chi connectivity index (χ2n) is 2.37. The molecule has 0 heterocycles. The Hall–Kier alpha value is -1.19. The molecule has 0 amide bonds. The lowest BCUT2D eigenvalue weighted by Crippen LogP contribution is -2.45. The van der Waals surface area contributed by atoms with Gasteiger partial charge in [0.05, 0.1) is 0 Å². The number of hydrogen-bond donors (Lipinski definition) is 2. The van der Waals surface area contributed by atoms with Crippen molar-refractivity contribution in [2.24, 2.45) is 10.9 Å². The minimum absolute atomic E-state index is 0.895. The summed E-state index contributed by atoms with van der Waals surface area (Å²) in [6.07, 6.45) is -15.2. The smallest absolute Gasteiger partial charge is 0.409 e. The van der Waals surface area contributed by atoms with Gasteiger partial charge in [0.2, 0.25) is 6.10 Å². The molecule has 0 aromatic carbocycles. The Morgan fingerprint density at radius 2 is 1.60 bits per heavy atom. The Balaban J connectivity index is 4.56. The van der Waals surface area contributed by atoms with Gasteiger partial charge in [-0.1, -0.05) is 5.16 Å². The third-order valence-electron chi connectivity index (χ3n) is 1.12. The fraction of sp³-hybridized carbons (Fsp3) is 0.800. The van der Waals surface area contributed by atoms with E-state index in [1.54, 1.807) is 0 Å². The van der Waals surface area contributed by atoms with E-state index in [-0.39, 0.29) is 0 Å². The zero-order chi connectivity index (χ0) is 12.3. The normalized spacial score (nSPS) is 14.7. The first kappa shape index (κ1) is 13.8. The molecule has 0 saturated heterocycles. The van der Waals surface area contributed by atoms with Gasteiger partial charge in [-0.05, 0) is 0 Å². The molecule has 0 fully saturated rings. The highest BCUT2D eigenvalue weighted by Gasteiger charge is 2.58. The molecule has 0 bridgehead atoms. The Bertz CT molecular complexity index is 221.